The lowest BCUT2D eigenvalue weighted by Crippen LogP contribution is -2.29. The van der Waals surface area contributed by atoms with Crippen molar-refractivity contribution in [3.05, 3.63) is 66.8 Å². The molecular formula is C18H15Cl2N3OS2. The molecule has 1 aromatic carbocycles. The van der Waals surface area contributed by atoms with Crippen LogP contribution in [0.15, 0.2) is 35.0 Å². The largest absolute Gasteiger partial charge is 0.298 e. The third-order valence-electron chi connectivity index (χ3n) is 4.20. The van der Waals surface area contributed by atoms with Crippen LogP contribution in [0.1, 0.15) is 26.5 Å². The molecule has 4 nitrogen and oxygen atoms in total. The van der Waals surface area contributed by atoms with E-state index in [2.05, 4.69) is 15.2 Å². The van der Waals surface area contributed by atoms with E-state index >= 15 is 0 Å². The molecule has 0 radical (unpaired) electrons. The zero-order valence-corrected chi connectivity index (χ0v) is 16.8. The first kappa shape index (κ1) is 17.9. The second-order valence-corrected chi connectivity index (χ2v) is 8.74. The van der Waals surface area contributed by atoms with Crippen LogP contribution in [-0.4, -0.2) is 22.3 Å². The Labute approximate surface area is 169 Å². The molecule has 3 heterocycles. The summed E-state index contributed by atoms with van der Waals surface area (Å²) in [6.45, 7) is 2.56. The van der Waals surface area contributed by atoms with Gasteiger partial charge in [0.1, 0.15) is 0 Å². The highest BCUT2D eigenvalue weighted by Crippen LogP contribution is 2.30. The first-order chi connectivity index (χ1) is 12.6. The van der Waals surface area contributed by atoms with Crippen LogP contribution in [-0.2, 0) is 19.5 Å². The number of rotatable bonds is 4. The Hall–Kier alpha value is -1.44. The van der Waals surface area contributed by atoms with Gasteiger partial charge in [0, 0.05) is 36.3 Å². The highest BCUT2D eigenvalue weighted by atomic mass is 35.5. The van der Waals surface area contributed by atoms with Crippen molar-refractivity contribution in [2.24, 2.45) is 0 Å². The third kappa shape index (κ3) is 3.94. The molecule has 26 heavy (non-hydrogen) atoms. The molecule has 134 valence electrons. The standard InChI is InChI=1S/C18H15Cl2N3OS2/c19-13-2-1-11(7-14(13)20)8-23-5-3-15-16(9-23)26-18(21-15)22-17(24)12-4-6-25-10-12/h1-2,4,6-7,10H,3,5,8-9H2,(H,21,22,24). The number of thiophene rings is 1. The highest BCUT2D eigenvalue weighted by Gasteiger charge is 2.22. The minimum atomic E-state index is -0.106. The monoisotopic (exact) mass is 423 g/mol. The highest BCUT2D eigenvalue weighted by molar-refractivity contribution is 7.16. The summed E-state index contributed by atoms with van der Waals surface area (Å²) in [7, 11) is 0. The number of anilines is 1. The SMILES string of the molecule is O=C(Nc1nc2c(s1)CN(Cc1ccc(Cl)c(Cl)c1)CC2)c1ccsc1. The summed E-state index contributed by atoms with van der Waals surface area (Å²) in [5.74, 6) is -0.106. The maximum Gasteiger partial charge on any atom is 0.258 e. The van der Waals surface area contributed by atoms with E-state index in [0.29, 0.717) is 20.7 Å². The van der Waals surface area contributed by atoms with Crippen molar-refractivity contribution < 1.29 is 4.79 Å². The van der Waals surface area contributed by atoms with Crippen LogP contribution >= 0.6 is 45.9 Å². The Morgan fingerprint density at radius 1 is 1.27 bits per heavy atom. The minimum absolute atomic E-state index is 0.106. The molecule has 0 fully saturated rings. The van der Waals surface area contributed by atoms with Gasteiger partial charge in [-0.1, -0.05) is 29.3 Å². The van der Waals surface area contributed by atoms with Crippen molar-refractivity contribution in [3.8, 4) is 0 Å². The smallest absolute Gasteiger partial charge is 0.258 e. The first-order valence-electron chi connectivity index (χ1n) is 8.07. The van der Waals surface area contributed by atoms with E-state index < -0.39 is 0 Å². The van der Waals surface area contributed by atoms with Crippen LogP contribution in [0.5, 0.6) is 0 Å². The molecule has 4 rings (SSSR count). The lowest BCUT2D eigenvalue weighted by Gasteiger charge is -2.25. The molecule has 1 aliphatic heterocycles. The molecule has 0 saturated heterocycles. The molecule has 3 aromatic rings. The number of aromatic nitrogens is 1. The summed E-state index contributed by atoms with van der Waals surface area (Å²) in [6.07, 6.45) is 0.876. The van der Waals surface area contributed by atoms with Crippen molar-refractivity contribution >= 4 is 56.9 Å². The minimum Gasteiger partial charge on any atom is -0.298 e. The van der Waals surface area contributed by atoms with E-state index in [1.807, 2.05) is 35.0 Å². The van der Waals surface area contributed by atoms with E-state index in [1.54, 1.807) is 11.3 Å². The maximum atomic E-state index is 12.2. The molecule has 0 aliphatic carbocycles. The number of thiazole rings is 1. The van der Waals surface area contributed by atoms with Gasteiger partial charge in [-0.2, -0.15) is 11.3 Å². The number of hydrogen-bond acceptors (Lipinski definition) is 5. The van der Waals surface area contributed by atoms with Gasteiger partial charge in [0.25, 0.3) is 5.91 Å². The van der Waals surface area contributed by atoms with Gasteiger partial charge < -0.3 is 0 Å². The number of halogens is 2. The maximum absolute atomic E-state index is 12.2. The van der Waals surface area contributed by atoms with Crippen molar-refractivity contribution in [1.82, 2.24) is 9.88 Å². The van der Waals surface area contributed by atoms with Gasteiger partial charge in [0.2, 0.25) is 0 Å². The number of hydrogen-bond donors (Lipinski definition) is 1. The summed E-state index contributed by atoms with van der Waals surface area (Å²) in [4.78, 5) is 20.3. The van der Waals surface area contributed by atoms with Crippen LogP contribution in [0.3, 0.4) is 0 Å². The summed E-state index contributed by atoms with van der Waals surface area (Å²) in [6, 6.07) is 7.56. The Bertz CT molecular complexity index is 940. The van der Waals surface area contributed by atoms with Gasteiger partial charge in [-0.05, 0) is 29.1 Å². The fourth-order valence-electron chi connectivity index (χ4n) is 2.90. The summed E-state index contributed by atoms with van der Waals surface area (Å²) >= 11 is 15.2. The fourth-order valence-corrected chi connectivity index (χ4v) is 4.90. The predicted molar refractivity (Wildman–Crippen MR) is 109 cm³/mol. The topological polar surface area (TPSA) is 45.2 Å². The second kappa shape index (κ2) is 7.66. The summed E-state index contributed by atoms with van der Waals surface area (Å²) in [5.41, 5.74) is 2.89. The summed E-state index contributed by atoms with van der Waals surface area (Å²) < 4.78 is 0. The third-order valence-corrected chi connectivity index (χ3v) is 6.62. The lowest BCUT2D eigenvalue weighted by molar-refractivity contribution is 0.102. The number of carbonyl (C=O) groups excluding carboxylic acids is 1. The van der Waals surface area contributed by atoms with E-state index in [1.165, 1.54) is 16.2 Å². The molecule has 1 amide bonds. The Balaban J connectivity index is 1.43. The number of nitrogens with zero attached hydrogens (tertiary/aromatic N) is 2. The zero-order valence-electron chi connectivity index (χ0n) is 13.7. The van der Waals surface area contributed by atoms with E-state index in [0.717, 1.165) is 37.3 Å². The van der Waals surface area contributed by atoms with Crippen LogP contribution < -0.4 is 5.32 Å². The predicted octanol–water partition coefficient (Wildman–Crippen LogP) is 5.32. The number of amides is 1. The molecule has 1 N–H and O–H groups in total. The van der Waals surface area contributed by atoms with E-state index in [4.69, 9.17) is 23.2 Å². The normalized spacial score (nSPS) is 14.2. The first-order valence-corrected chi connectivity index (χ1v) is 10.6. The van der Waals surface area contributed by atoms with E-state index in [-0.39, 0.29) is 5.91 Å². The van der Waals surface area contributed by atoms with Crippen LogP contribution in [0, 0.1) is 0 Å². The molecule has 2 aromatic heterocycles. The molecular weight excluding hydrogens is 409 g/mol. The van der Waals surface area contributed by atoms with Crippen molar-refractivity contribution in [3.63, 3.8) is 0 Å². The quantitative estimate of drug-likeness (QED) is 0.617. The molecule has 0 bridgehead atoms. The second-order valence-electron chi connectivity index (χ2n) is 6.06. The number of nitrogens with one attached hydrogen (secondary N) is 1. The fraction of sp³-hybridized carbons (Fsp3) is 0.222. The Morgan fingerprint density at radius 2 is 2.15 bits per heavy atom. The average molecular weight is 424 g/mol. The lowest BCUT2D eigenvalue weighted by atomic mass is 10.1. The van der Waals surface area contributed by atoms with Gasteiger partial charge >= 0.3 is 0 Å². The van der Waals surface area contributed by atoms with Gasteiger partial charge in [-0.15, -0.1) is 11.3 Å². The van der Waals surface area contributed by atoms with Gasteiger partial charge in [0.05, 0.1) is 21.3 Å². The van der Waals surface area contributed by atoms with Crippen LogP contribution in [0.2, 0.25) is 10.0 Å². The number of benzene rings is 1. The summed E-state index contributed by atoms with van der Waals surface area (Å²) in [5, 5.41) is 8.46. The number of carbonyl (C=O) groups is 1. The molecule has 0 saturated carbocycles. The van der Waals surface area contributed by atoms with Crippen molar-refractivity contribution in [2.45, 2.75) is 19.5 Å². The van der Waals surface area contributed by atoms with E-state index in [9.17, 15) is 4.79 Å². The van der Waals surface area contributed by atoms with Crippen molar-refractivity contribution in [1.29, 1.82) is 0 Å². The van der Waals surface area contributed by atoms with Crippen molar-refractivity contribution in [2.75, 3.05) is 11.9 Å². The molecule has 0 unspecified atom stereocenters. The molecule has 8 heteroatoms. The molecule has 1 aliphatic rings. The van der Waals surface area contributed by atoms with Gasteiger partial charge in [-0.25, -0.2) is 4.98 Å². The zero-order chi connectivity index (χ0) is 18.1. The van der Waals surface area contributed by atoms with Crippen LogP contribution in [0.4, 0.5) is 5.13 Å². The molecule has 0 spiro atoms. The van der Waals surface area contributed by atoms with Crippen LogP contribution in [0.25, 0.3) is 0 Å². The Kier molecular flexibility index (Phi) is 5.29. The Morgan fingerprint density at radius 3 is 2.92 bits per heavy atom. The van der Waals surface area contributed by atoms with Gasteiger partial charge in [0.15, 0.2) is 5.13 Å². The molecule has 0 atom stereocenters. The number of fused-ring (bicyclic) bond motifs is 1. The van der Waals surface area contributed by atoms with Gasteiger partial charge in [-0.3, -0.25) is 15.0 Å². The average Bonchev–Trinajstić information content (AvgIpc) is 3.27.